The minimum Gasteiger partial charge on any atom is -0.336 e. The highest BCUT2D eigenvalue weighted by atomic mass is 35.5. The van der Waals surface area contributed by atoms with Crippen molar-refractivity contribution in [2.75, 3.05) is 0 Å². The van der Waals surface area contributed by atoms with Gasteiger partial charge in [0, 0.05) is 23.0 Å². The number of aromatic nitrogens is 2. The summed E-state index contributed by atoms with van der Waals surface area (Å²) in [5.41, 5.74) is 1.39. The molecule has 110 valence electrons. The number of ether oxygens (including phenoxy) is 2. The second kappa shape index (κ2) is 5.54. The summed E-state index contributed by atoms with van der Waals surface area (Å²) >= 11 is 12.3. The van der Waals surface area contributed by atoms with E-state index in [1.165, 1.54) is 6.33 Å². The Kier molecular flexibility index (Phi) is 3.88. The summed E-state index contributed by atoms with van der Waals surface area (Å²) in [5, 5.41) is 1.04. The van der Waals surface area contributed by atoms with Crippen LogP contribution < -0.4 is 0 Å². The van der Waals surface area contributed by atoms with Crippen LogP contribution in [0.3, 0.4) is 0 Å². The lowest BCUT2D eigenvalue weighted by Gasteiger charge is -2.29. The highest BCUT2D eigenvalue weighted by molar-refractivity contribution is 6.35. The second-order valence-corrected chi connectivity index (χ2v) is 5.86. The quantitative estimate of drug-likeness (QED) is 0.842. The van der Waals surface area contributed by atoms with E-state index < -0.39 is 5.79 Å². The second-order valence-electron chi connectivity index (χ2n) is 5.01. The Hall–Kier alpha value is -1.20. The van der Waals surface area contributed by atoms with E-state index >= 15 is 0 Å². The average Bonchev–Trinajstić information content (AvgIpc) is 2.76. The fraction of sp³-hybridized carbons (Fsp3) is 0.333. The molecule has 4 nitrogen and oxygen atoms in total. The van der Waals surface area contributed by atoms with Crippen molar-refractivity contribution in [3.8, 4) is 0 Å². The molecule has 0 aliphatic carbocycles. The molecule has 0 saturated carbocycles. The van der Waals surface area contributed by atoms with Gasteiger partial charge >= 0.3 is 0 Å². The highest BCUT2D eigenvalue weighted by Gasteiger charge is 2.48. The Morgan fingerprint density at radius 3 is 2.24 bits per heavy atom. The van der Waals surface area contributed by atoms with Crippen molar-refractivity contribution in [2.45, 2.75) is 31.8 Å². The van der Waals surface area contributed by atoms with Crippen LogP contribution >= 0.6 is 23.2 Å². The number of rotatable bonds is 2. The molecule has 1 fully saturated rings. The number of hydrogen-bond donors (Lipinski definition) is 0. The molecular formula is C15H14Cl2N2O2. The van der Waals surface area contributed by atoms with E-state index in [0.29, 0.717) is 21.2 Å². The summed E-state index contributed by atoms with van der Waals surface area (Å²) in [6.45, 7) is 3.92. The van der Waals surface area contributed by atoms with Crippen molar-refractivity contribution >= 4 is 23.2 Å². The summed E-state index contributed by atoms with van der Waals surface area (Å²) in [6.07, 6.45) is 4.63. The van der Waals surface area contributed by atoms with E-state index in [1.807, 2.05) is 19.9 Å². The fourth-order valence-corrected chi connectivity index (χ4v) is 2.92. The van der Waals surface area contributed by atoms with E-state index in [1.54, 1.807) is 24.5 Å². The van der Waals surface area contributed by atoms with Gasteiger partial charge < -0.3 is 9.47 Å². The Morgan fingerprint density at radius 2 is 1.67 bits per heavy atom. The Labute approximate surface area is 133 Å². The molecule has 1 saturated heterocycles. The molecule has 0 spiro atoms. The minimum absolute atomic E-state index is 0.0862. The van der Waals surface area contributed by atoms with Crippen LogP contribution in [0.15, 0.2) is 36.9 Å². The molecule has 0 radical (unpaired) electrons. The molecule has 2 heterocycles. The van der Waals surface area contributed by atoms with Crippen LogP contribution in [-0.2, 0) is 15.3 Å². The van der Waals surface area contributed by atoms with Crippen LogP contribution in [0.2, 0.25) is 10.0 Å². The van der Waals surface area contributed by atoms with Crippen molar-refractivity contribution in [3.05, 3.63) is 58.1 Å². The maximum atomic E-state index is 6.36. The lowest BCUT2D eigenvalue weighted by molar-refractivity contribution is -0.148. The van der Waals surface area contributed by atoms with Gasteiger partial charge in [0.15, 0.2) is 0 Å². The molecule has 3 rings (SSSR count). The number of nitrogens with zero attached hydrogens (tertiary/aromatic N) is 2. The Balaban J connectivity index is 2.18. The van der Waals surface area contributed by atoms with Gasteiger partial charge in [-0.15, -0.1) is 0 Å². The maximum absolute atomic E-state index is 6.36. The summed E-state index contributed by atoms with van der Waals surface area (Å²) in [5.74, 6) is -1.11. The minimum atomic E-state index is -1.11. The smallest absolute Gasteiger partial charge is 0.227 e. The van der Waals surface area contributed by atoms with E-state index in [-0.39, 0.29) is 12.2 Å². The van der Waals surface area contributed by atoms with Crippen LogP contribution in [0, 0.1) is 0 Å². The zero-order chi connectivity index (χ0) is 15.0. The molecule has 21 heavy (non-hydrogen) atoms. The number of benzene rings is 1. The van der Waals surface area contributed by atoms with E-state index in [4.69, 9.17) is 32.7 Å². The molecule has 2 atom stereocenters. The van der Waals surface area contributed by atoms with Crippen LogP contribution in [0.1, 0.15) is 25.0 Å². The zero-order valence-electron chi connectivity index (χ0n) is 11.6. The van der Waals surface area contributed by atoms with Gasteiger partial charge in [-0.25, -0.2) is 9.97 Å². The van der Waals surface area contributed by atoms with Crippen molar-refractivity contribution in [1.82, 2.24) is 9.97 Å². The Bertz CT molecular complexity index is 641. The molecule has 0 bridgehead atoms. The van der Waals surface area contributed by atoms with E-state index in [9.17, 15) is 0 Å². The highest BCUT2D eigenvalue weighted by Crippen LogP contribution is 2.45. The maximum Gasteiger partial charge on any atom is 0.227 e. The molecule has 1 aromatic heterocycles. The van der Waals surface area contributed by atoms with Crippen LogP contribution in [-0.4, -0.2) is 22.2 Å². The summed E-state index contributed by atoms with van der Waals surface area (Å²) in [6, 6.07) is 5.24. The van der Waals surface area contributed by atoms with Gasteiger partial charge in [0.25, 0.3) is 0 Å². The lowest BCUT2D eigenvalue weighted by atomic mass is 9.99. The van der Waals surface area contributed by atoms with E-state index in [2.05, 4.69) is 9.97 Å². The monoisotopic (exact) mass is 324 g/mol. The molecular weight excluding hydrogens is 311 g/mol. The third-order valence-corrected chi connectivity index (χ3v) is 4.14. The van der Waals surface area contributed by atoms with Crippen molar-refractivity contribution < 1.29 is 9.47 Å². The fourth-order valence-electron chi connectivity index (χ4n) is 2.39. The number of halogens is 2. The molecule has 0 amide bonds. The first-order valence-corrected chi connectivity index (χ1v) is 7.35. The van der Waals surface area contributed by atoms with Gasteiger partial charge in [-0.1, -0.05) is 29.3 Å². The molecule has 6 heteroatoms. The van der Waals surface area contributed by atoms with Gasteiger partial charge in [-0.3, -0.25) is 0 Å². The van der Waals surface area contributed by atoms with Crippen LogP contribution in [0.4, 0.5) is 0 Å². The van der Waals surface area contributed by atoms with Crippen LogP contribution in [0.5, 0.6) is 0 Å². The van der Waals surface area contributed by atoms with Gasteiger partial charge in [0.05, 0.1) is 22.8 Å². The van der Waals surface area contributed by atoms with Crippen molar-refractivity contribution in [2.24, 2.45) is 0 Å². The first-order chi connectivity index (χ1) is 10.0. The topological polar surface area (TPSA) is 44.2 Å². The molecule has 1 aliphatic heterocycles. The SMILES string of the molecule is CC1OC(c2cncnc2)(c2ccc(Cl)cc2Cl)OC1C. The molecule has 0 N–H and O–H groups in total. The van der Waals surface area contributed by atoms with Gasteiger partial charge in [-0.2, -0.15) is 0 Å². The van der Waals surface area contributed by atoms with Gasteiger partial charge in [0.1, 0.15) is 6.33 Å². The predicted molar refractivity (Wildman–Crippen MR) is 80.4 cm³/mol. The molecule has 1 aromatic carbocycles. The standard InChI is InChI=1S/C15H14Cl2N2O2/c1-9-10(2)21-15(20-9,11-6-18-8-19-7-11)13-4-3-12(16)5-14(13)17/h3-10H,1-2H3. The largest absolute Gasteiger partial charge is 0.336 e. The zero-order valence-corrected chi connectivity index (χ0v) is 13.1. The first-order valence-electron chi connectivity index (χ1n) is 6.59. The normalized spacial score (nSPS) is 28.8. The summed E-state index contributed by atoms with van der Waals surface area (Å²) in [4.78, 5) is 8.11. The average molecular weight is 325 g/mol. The Morgan fingerprint density at radius 1 is 1.05 bits per heavy atom. The third-order valence-electron chi connectivity index (χ3n) is 3.59. The summed E-state index contributed by atoms with van der Waals surface area (Å²) in [7, 11) is 0. The first kappa shape index (κ1) is 14.7. The van der Waals surface area contributed by atoms with Crippen molar-refractivity contribution in [3.63, 3.8) is 0 Å². The molecule has 1 aliphatic rings. The third kappa shape index (κ3) is 2.53. The van der Waals surface area contributed by atoms with Crippen LogP contribution in [0.25, 0.3) is 0 Å². The van der Waals surface area contributed by atoms with E-state index in [0.717, 1.165) is 0 Å². The summed E-state index contributed by atoms with van der Waals surface area (Å²) < 4.78 is 12.2. The van der Waals surface area contributed by atoms with Gasteiger partial charge in [0.2, 0.25) is 5.79 Å². The van der Waals surface area contributed by atoms with Crippen molar-refractivity contribution in [1.29, 1.82) is 0 Å². The van der Waals surface area contributed by atoms with Gasteiger partial charge in [-0.05, 0) is 26.0 Å². The molecule has 2 unspecified atom stereocenters. The molecule has 2 aromatic rings. The number of hydrogen-bond acceptors (Lipinski definition) is 4. The lowest BCUT2D eigenvalue weighted by Crippen LogP contribution is -2.30. The predicted octanol–water partition coefficient (Wildman–Crippen LogP) is 3.81.